The summed E-state index contributed by atoms with van der Waals surface area (Å²) < 4.78 is 35.4. The molecule has 18 heavy (non-hydrogen) atoms. The standard InChI is InChI=1S/C11H14N2O4S/c1-13(7-6-12)18(14,15)11-8-9(16-2)4-5-10(11)17-3/h4-5,8H,7H2,1-3H3. The van der Waals surface area contributed by atoms with Crippen molar-refractivity contribution in [3.63, 3.8) is 0 Å². The van der Waals surface area contributed by atoms with Crippen LogP contribution in [-0.4, -0.2) is 40.5 Å². The smallest absolute Gasteiger partial charge is 0.247 e. The summed E-state index contributed by atoms with van der Waals surface area (Å²) in [5.74, 6) is 0.611. The number of methoxy groups -OCH3 is 2. The van der Waals surface area contributed by atoms with Gasteiger partial charge in [0, 0.05) is 13.1 Å². The number of nitrogens with zero attached hydrogens (tertiary/aromatic N) is 2. The first-order valence-electron chi connectivity index (χ1n) is 5.02. The van der Waals surface area contributed by atoms with Gasteiger partial charge in [-0.2, -0.15) is 9.57 Å². The van der Waals surface area contributed by atoms with E-state index in [1.165, 1.54) is 33.4 Å². The maximum atomic E-state index is 12.2. The minimum atomic E-state index is -3.77. The largest absolute Gasteiger partial charge is 0.497 e. The van der Waals surface area contributed by atoms with Crippen molar-refractivity contribution in [3.05, 3.63) is 18.2 Å². The molecule has 6 nitrogen and oxygen atoms in total. The van der Waals surface area contributed by atoms with Gasteiger partial charge in [0.1, 0.15) is 22.9 Å². The number of ether oxygens (including phenoxy) is 2. The summed E-state index contributed by atoms with van der Waals surface area (Å²) in [6.45, 7) is -0.233. The average Bonchev–Trinajstić information content (AvgIpc) is 2.38. The van der Waals surface area contributed by atoms with E-state index in [0.717, 1.165) is 4.31 Å². The molecule has 0 spiro atoms. The third kappa shape index (κ3) is 2.72. The van der Waals surface area contributed by atoms with E-state index in [9.17, 15) is 8.42 Å². The molecule has 7 heteroatoms. The third-order valence-electron chi connectivity index (χ3n) is 2.35. The molecular weight excluding hydrogens is 256 g/mol. The quantitative estimate of drug-likeness (QED) is 0.741. The van der Waals surface area contributed by atoms with Gasteiger partial charge in [0.25, 0.3) is 0 Å². The summed E-state index contributed by atoms with van der Waals surface area (Å²) in [6.07, 6.45) is 0. The Kier molecular flexibility index (Phi) is 4.53. The Morgan fingerprint density at radius 3 is 2.50 bits per heavy atom. The van der Waals surface area contributed by atoms with E-state index in [1.807, 2.05) is 0 Å². The molecule has 0 atom stereocenters. The lowest BCUT2D eigenvalue weighted by molar-refractivity contribution is 0.389. The van der Waals surface area contributed by atoms with Gasteiger partial charge in [-0.05, 0) is 12.1 Å². The first-order chi connectivity index (χ1) is 8.47. The van der Waals surface area contributed by atoms with Crippen LogP contribution < -0.4 is 9.47 Å². The Hall–Kier alpha value is -1.78. The molecule has 0 unspecified atom stereocenters. The Morgan fingerprint density at radius 2 is 2.00 bits per heavy atom. The van der Waals surface area contributed by atoms with Crippen molar-refractivity contribution in [2.45, 2.75) is 4.90 Å². The van der Waals surface area contributed by atoms with E-state index in [-0.39, 0.29) is 17.2 Å². The number of hydrogen-bond donors (Lipinski definition) is 0. The van der Waals surface area contributed by atoms with Gasteiger partial charge >= 0.3 is 0 Å². The fourth-order valence-corrected chi connectivity index (χ4v) is 2.57. The highest BCUT2D eigenvalue weighted by molar-refractivity contribution is 7.89. The second-order valence-electron chi connectivity index (χ2n) is 3.44. The van der Waals surface area contributed by atoms with Crippen molar-refractivity contribution < 1.29 is 17.9 Å². The zero-order valence-electron chi connectivity index (χ0n) is 10.4. The van der Waals surface area contributed by atoms with Crippen molar-refractivity contribution in [2.75, 3.05) is 27.8 Å². The highest BCUT2D eigenvalue weighted by Gasteiger charge is 2.25. The molecule has 0 aliphatic carbocycles. The van der Waals surface area contributed by atoms with E-state index in [2.05, 4.69) is 0 Å². The van der Waals surface area contributed by atoms with Gasteiger partial charge in [0.2, 0.25) is 10.0 Å². The van der Waals surface area contributed by atoms with Gasteiger partial charge in [0.05, 0.1) is 20.3 Å². The van der Waals surface area contributed by atoms with Crippen molar-refractivity contribution >= 4 is 10.0 Å². The molecule has 0 N–H and O–H groups in total. The predicted molar refractivity (Wildman–Crippen MR) is 65.0 cm³/mol. The molecule has 1 rings (SSSR count). The van der Waals surface area contributed by atoms with Gasteiger partial charge in [-0.3, -0.25) is 0 Å². The van der Waals surface area contributed by atoms with E-state index >= 15 is 0 Å². The molecule has 0 aliphatic heterocycles. The van der Waals surface area contributed by atoms with Crippen molar-refractivity contribution in [3.8, 4) is 17.6 Å². The Bertz CT molecular complexity index is 563. The Labute approximate surface area is 106 Å². The minimum Gasteiger partial charge on any atom is -0.497 e. The second kappa shape index (κ2) is 5.71. The van der Waals surface area contributed by atoms with Gasteiger partial charge in [-0.25, -0.2) is 8.42 Å². The normalized spacial score (nSPS) is 11.1. The predicted octanol–water partition coefficient (Wildman–Crippen LogP) is 0.848. The fraction of sp³-hybridized carbons (Fsp3) is 0.364. The van der Waals surface area contributed by atoms with Crippen LogP contribution in [0.25, 0.3) is 0 Å². The van der Waals surface area contributed by atoms with E-state index in [4.69, 9.17) is 14.7 Å². The summed E-state index contributed by atoms with van der Waals surface area (Å²) in [5.41, 5.74) is 0. The van der Waals surface area contributed by atoms with Crippen LogP contribution in [0, 0.1) is 11.3 Å². The molecule has 0 bridgehead atoms. The molecule has 1 aromatic rings. The van der Waals surface area contributed by atoms with Gasteiger partial charge in [0.15, 0.2) is 0 Å². The average molecular weight is 270 g/mol. The lowest BCUT2D eigenvalue weighted by Gasteiger charge is -2.16. The van der Waals surface area contributed by atoms with Crippen LogP contribution in [0.15, 0.2) is 23.1 Å². The topological polar surface area (TPSA) is 79.6 Å². The SMILES string of the molecule is COc1ccc(OC)c(S(=O)(=O)N(C)CC#N)c1. The van der Waals surface area contributed by atoms with Crippen LogP contribution in [0.5, 0.6) is 11.5 Å². The van der Waals surface area contributed by atoms with Gasteiger partial charge in [-0.15, -0.1) is 0 Å². The molecule has 0 saturated heterocycles. The van der Waals surface area contributed by atoms with Crippen LogP contribution in [0.4, 0.5) is 0 Å². The van der Waals surface area contributed by atoms with E-state index < -0.39 is 10.0 Å². The maximum Gasteiger partial charge on any atom is 0.247 e. The summed E-state index contributed by atoms with van der Waals surface area (Å²) >= 11 is 0. The minimum absolute atomic E-state index is 0.0258. The second-order valence-corrected chi connectivity index (χ2v) is 5.45. The zero-order valence-corrected chi connectivity index (χ0v) is 11.2. The number of rotatable bonds is 5. The molecule has 1 aromatic carbocycles. The van der Waals surface area contributed by atoms with Crippen molar-refractivity contribution in [1.29, 1.82) is 5.26 Å². The molecule has 0 heterocycles. The first-order valence-corrected chi connectivity index (χ1v) is 6.46. The van der Waals surface area contributed by atoms with Crippen molar-refractivity contribution in [2.24, 2.45) is 0 Å². The van der Waals surface area contributed by atoms with E-state index in [1.54, 1.807) is 12.1 Å². The van der Waals surface area contributed by atoms with Gasteiger partial charge < -0.3 is 9.47 Å². The number of hydrogen-bond acceptors (Lipinski definition) is 5. The molecule has 0 aliphatic rings. The molecule has 0 aromatic heterocycles. The molecule has 0 radical (unpaired) electrons. The highest BCUT2D eigenvalue weighted by Crippen LogP contribution is 2.29. The Balaban J connectivity index is 3.34. The first kappa shape index (κ1) is 14.3. The zero-order chi connectivity index (χ0) is 13.8. The lowest BCUT2D eigenvalue weighted by Crippen LogP contribution is -2.27. The number of benzene rings is 1. The summed E-state index contributed by atoms with van der Waals surface area (Å²) in [4.78, 5) is -0.0258. The lowest BCUT2D eigenvalue weighted by atomic mass is 10.3. The Morgan fingerprint density at radius 1 is 1.33 bits per heavy atom. The van der Waals surface area contributed by atoms with Crippen LogP contribution in [0.1, 0.15) is 0 Å². The molecule has 98 valence electrons. The molecule has 0 fully saturated rings. The molecule has 0 saturated carbocycles. The summed E-state index contributed by atoms with van der Waals surface area (Å²) in [6, 6.07) is 6.25. The molecular formula is C11H14N2O4S. The van der Waals surface area contributed by atoms with Crippen LogP contribution in [0.3, 0.4) is 0 Å². The van der Waals surface area contributed by atoms with Crippen LogP contribution in [-0.2, 0) is 10.0 Å². The monoisotopic (exact) mass is 270 g/mol. The maximum absolute atomic E-state index is 12.2. The third-order valence-corrected chi connectivity index (χ3v) is 4.18. The number of sulfonamides is 1. The fourth-order valence-electron chi connectivity index (χ4n) is 1.34. The summed E-state index contributed by atoms with van der Waals surface area (Å²) in [7, 11) is 0.382. The van der Waals surface area contributed by atoms with Gasteiger partial charge in [-0.1, -0.05) is 0 Å². The van der Waals surface area contributed by atoms with Crippen LogP contribution in [0.2, 0.25) is 0 Å². The van der Waals surface area contributed by atoms with Crippen LogP contribution >= 0.6 is 0 Å². The number of nitriles is 1. The highest BCUT2D eigenvalue weighted by atomic mass is 32.2. The molecule has 0 amide bonds. The summed E-state index contributed by atoms with van der Waals surface area (Å²) in [5, 5.41) is 8.56. The van der Waals surface area contributed by atoms with E-state index in [0.29, 0.717) is 5.75 Å². The van der Waals surface area contributed by atoms with Crippen molar-refractivity contribution in [1.82, 2.24) is 4.31 Å².